The van der Waals surface area contributed by atoms with Gasteiger partial charge in [-0.1, -0.05) is 37.6 Å². The molecular formula is C21H25ClN2O4. The molecule has 0 aliphatic heterocycles. The Morgan fingerprint density at radius 1 is 1.18 bits per heavy atom. The van der Waals surface area contributed by atoms with Gasteiger partial charge in [0.15, 0.2) is 18.1 Å². The van der Waals surface area contributed by atoms with Gasteiger partial charge in [-0.3, -0.25) is 4.79 Å². The number of hydrogen-bond acceptors (Lipinski definition) is 5. The molecule has 0 spiro atoms. The number of rotatable bonds is 8. The van der Waals surface area contributed by atoms with E-state index in [4.69, 9.17) is 25.8 Å². The van der Waals surface area contributed by atoms with Crippen molar-refractivity contribution in [3.05, 3.63) is 52.0 Å². The first-order valence-corrected chi connectivity index (χ1v) is 9.20. The standard InChI is InChI=1S/C21H25ClN2O4/c1-13(2)16-7-6-14(3)8-18(16)28-12-20(25)24-23-11-15-9-17(22)21(27-5)19(10-15)26-4/h6-11,13H,12H2,1-5H3,(H,24,25)/b23-11-. The molecule has 2 aromatic carbocycles. The third kappa shape index (κ3) is 5.63. The van der Waals surface area contributed by atoms with Crippen LogP contribution in [0.3, 0.4) is 0 Å². The lowest BCUT2D eigenvalue weighted by molar-refractivity contribution is -0.123. The summed E-state index contributed by atoms with van der Waals surface area (Å²) in [4.78, 5) is 12.0. The van der Waals surface area contributed by atoms with Crippen molar-refractivity contribution in [2.75, 3.05) is 20.8 Å². The van der Waals surface area contributed by atoms with Crippen LogP contribution in [0.4, 0.5) is 0 Å². The minimum Gasteiger partial charge on any atom is -0.493 e. The quantitative estimate of drug-likeness (QED) is 0.525. The zero-order chi connectivity index (χ0) is 20.7. The highest BCUT2D eigenvalue weighted by Crippen LogP contribution is 2.35. The van der Waals surface area contributed by atoms with Crippen LogP contribution in [0.1, 0.15) is 36.5 Å². The van der Waals surface area contributed by atoms with Crippen molar-refractivity contribution >= 4 is 23.7 Å². The van der Waals surface area contributed by atoms with E-state index in [-0.39, 0.29) is 12.5 Å². The lowest BCUT2D eigenvalue weighted by atomic mass is 10.0. The summed E-state index contributed by atoms with van der Waals surface area (Å²) in [6, 6.07) is 9.35. The summed E-state index contributed by atoms with van der Waals surface area (Å²) in [5.41, 5.74) is 5.23. The van der Waals surface area contributed by atoms with Gasteiger partial charge in [-0.05, 0) is 47.7 Å². The van der Waals surface area contributed by atoms with E-state index in [0.717, 1.165) is 11.1 Å². The van der Waals surface area contributed by atoms with Gasteiger partial charge in [-0.2, -0.15) is 5.10 Å². The van der Waals surface area contributed by atoms with Crippen molar-refractivity contribution in [3.8, 4) is 17.2 Å². The molecule has 0 fully saturated rings. The maximum absolute atomic E-state index is 12.0. The van der Waals surface area contributed by atoms with Crippen molar-refractivity contribution in [2.24, 2.45) is 5.10 Å². The highest BCUT2D eigenvalue weighted by atomic mass is 35.5. The van der Waals surface area contributed by atoms with E-state index in [1.807, 2.05) is 25.1 Å². The van der Waals surface area contributed by atoms with Crippen LogP contribution < -0.4 is 19.6 Å². The van der Waals surface area contributed by atoms with Crippen molar-refractivity contribution in [1.82, 2.24) is 5.43 Å². The molecule has 0 bridgehead atoms. The van der Waals surface area contributed by atoms with Crippen LogP contribution in [0.5, 0.6) is 17.2 Å². The van der Waals surface area contributed by atoms with Crippen LogP contribution in [0.2, 0.25) is 5.02 Å². The summed E-state index contributed by atoms with van der Waals surface area (Å²) in [7, 11) is 3.03. The number of carbonyl (C=O) groups is 1. The smallest absolute Gasteiger partial charge is 0.277 e. The van der Waals surface area contributed by atoms with Crippen LogP contribution in [0.25, 0.3) is 0 Å². The molecule has 7 heteroatoms. The molecule has 0 aliphatic rings. The highest BCUT2D eigenvalue weighted by molar-refractivity contribution is 6.32. The van der Waals surface area contributed by atoms with Crippen molar-refractivity contribution in [3.63, 3.8) is 0 Å². The van der Waals surface area contributed by atoms with Gasteiger partial charge >= 0.3 is 0 Å². The van der Waals surface area contributed by atoms with E-state index >= 15 is 0 Å². The third-order valence-electron chi connectivity index (χ3n) is 4.01. The van der Waals surface area contributed by atoms with Gasteiger partial charge in [0.2, 0.25) is 0 Å². The van der Waals surface area contributed by atoms with Gasteiger partial charge in [0.05, 0.1) is 25.5 Å². The molecule has 0 aliphatic carbocycles. The number of ether oxygens (including phenoxy) is 3. The van der Waals surface area contributed by atoms with E-state index in [1.165, 1.54) is 20.4 Å². The number of halogens is 1. The molecule has 150 valence electrons. The van der Waals surface area contributed by atoms with E-state index < -0.39 is 0 Å². The molecule has 0 radical (unpaired) electrons. The lowest BCUT2D eigenvalue weighted by Gasteiger charge is -2.14. The van der Waals surface area contributed by atoms with Crippen LogP contribution >= 0.6 is 11.6 Å². The molecule has 28 heavy (non-hydrogen) atoms. The SMILES string of the molecule is COc1cc(/C=N\NC(=O)COc2cc(C)ccc2C(C)C)cc(Cl)c1OC. The third-order valence-corrected chi connectivity index (χ3v) is 4.29. The highest BCUT2D eigenvalue weighted by Gasteiger charge is 2.11. The number of benzene rings is 2. The van der Waals surface area contributed by atoms with Gasteiger partial charge in [-0.15, -0.1) is 0 Å². The first-order valence-electron chi connectivity index (χ1n) is 8.82. The zero-order valence-electron chi connectivity index (χ0n) is 16.7. The fourth-order valence-corrected chi connectivity index (χ4v) is 2.91. The van der Waals surface area contributed by atoms with Gasteiger partial charge < -0.3 is 14.2 Å². The minimum absolute atomic E-state index is 0.132. The maximum Gasteiger partial charge on any atom is 0.277 e. The lowest BCUT2D eigenvalue weighted by Crippen LogP contribution is -2.25. The number of hydrazone groups is 1. The van der Waals surface area contributed by atoms with Gasteiger partial charge in [0, 0.05) is 0 Å². The van der Waals surface area contributed by atoms with Gasteiger partial charge in [0.25, 0.3) is 5.91 Å². The Bertz CT molecular complexity index is 866. The number of methoxy groups -OCH3 is 2. The maximum atomic E-state index is 12.0. The molecule has 0 atom stereocenters. The van der Waals surface area contributed by atoms with E-state index in [2.05, 4.69) is 24.4 Å². The van der Waals surface area contributed by atoms with Crippen molar-refractivity contribution < 1.29 is 19.0 Å². The Kier molecular flexibility index (Phi) is 7.70. The molecule has 1 N–H and O–H groups in total. The number of amides is 1. The molecule has 0 heterocycles. The van der Waals surface area contributed by atoms with E-state index in [0.29, 0.717) is 33.8 Å². The number of hydrogen-bond donors (Lipinski definition) is 1. The summed E-state index contributed by atoms with van der Waals surface area (Å²) < 4.78 is 16.1. The number of nitrogens with zero attached hydrogens (tertiary/aromatic N) is 1. The summed E-state index contributed by atoms with van der Waals surface area (Å²) in [6.07, 6.45) is 1.47. The topological polar surface area (TPSA) is 69.2 Å². The van der Waals surface area contributed by atoms with Crippen LogP contribution in [-0.4, -0.2) is 32.9 Å². The number of aryl methyl sites for hydroxylation is 1. The number of carbonyl (C=O) groups excluding carboxylic acids is 1. The molecule has 1 amide bonds. The summed E-state index contributed by atoms with van der Waals surface area (Å²) in [5, 5.41) is 4.33. The molecule has 2 aromatic rings. The predicted octanol–water partition coefficient (Wildman–Crippen LogP) is 4.32. The van der Waals surface area contributed by atoms with Gasteiger partial charge in [-0.25, -0.2) is 5.43 Å². The first-order chi connectivity index (χ1) is 13.3. The fourth-order valence-electron chi connectivity index (χ4n) is 2.61. The molecular weight excluding hydrogens is 380 g/mol. The Hall–Kier alpha value is -2.73. The van der Waals surface area contributed by atoms with Crippen LogP contribution in [0.15, 0.2) is 35.4 Å². The second kappa shape index (κ2) is 9.99. The molecule has 0 saturated heterocycles. The van der Waals surface area contributed by atoms with Crippen molar-refractivity contribution in [1.29, 1.82) is 0 Å². The van der Waals surface area contributed by atoms with Gasteiger partial charge in [0.1, 0.15) is 5.75 Å². The fraction of sp³-hybridized carbons (Fsp3) is 0.333. The van der Waals surface area contributed by atoms with Crippen LogP contribution in [0, 0.1) is 6.92 Å². The Morgan fingerprint density at radius 3 is 2.57 bits per heavy atom. The number of nitrogens with one attached hydrogen (secondary N) is 1. The minimum atomic E-state index is -0.362. The van der Waals surface area contributed by atoms with Crippen LogP contribution in [-0.2, 0) is 4.79 Å². The Morgan fingerprint density at radius 2 is 1.93 bits per heavy atom. The molecule has 2 rings (SSSR count). The first kappa shape index (κ1) is 21.6. The Labute approximate surface area is 170 Å². The molecule has 0 aromatic heterocycles. The Balaban J connectivity index is 1.98. The molecule has 6 nitrogen and oxygen atoms in total. The predicted molar refractivity (Wildman–Crippen MR) is 111 cm³/mol. The second-order valence-corrected chi connectivity index (χ2v) is 6.92. The average Bonchev–Trinajstić information content (AvgIpc) is 2.65. The van der Waals surface area contributed by atoms with E-state index in [9.17, 15) is 4.79 Å². The summed E-state index contributed by atoms with van der Waals surface area (Å²) in [5.74, 6) is 1.57. The molecule has 0 saturated carbocycles. The monoisotopic (exact) mass is 404 g/mol. The van der Waals surface area contributed by atoms with Crippen molar-refractivity contribution in [2.45, 2.75) is 26.7 Å². The zero-order valence-corrected chi connectivity index (χ0v) is 17.5. The second-order valence-electron chi connectivity index (χ2n) is 6.52. The summed E-state index contributed by atoms with van der Waals surface area (Å²) >= 11 is 6.15. The molecule has 0 unspecified atom stereocenters. The largest absolute Gasteiger partial charge is 0.493 e. The average molecular weight is 405 g/mol. The normalized spacial score (nSPS) is 11.0. The summed E-state index contributed by atoms with van der Waals surface area (Å²) in [6.45, 7) is 6.01. The van der Waals surface area contributed by atoms with E-state index in [1.54, 1.807) is 12.1 Å².